The molecule has 0 saturated carbocycles. The van der Waals surface area contributed by atoms with Crippen LogP contribution in [-0.4, -0.2) is 54.8 Å². The first kappa shape index (κ1) is 27.7. The highest BCUT2D eigenvalue weighted by Crippen LogP contribution is 2.24. The molecule has 1 aromatic carbocycles. The molecule has 0 aliphatic heterocycles. The van der Waals surface area contributed by atoms with Crippen LogP contribution in [0.4, 0.5) is 24.7 Å². The lowest BCUT2D eigenvalue weighted by Crippen LogP contribution is -2.25. The first-order valence-corrected chi connectivity index (χ1v) is 11.0. The number of hydrogen-bond donors (Lipinski definition) is 3. The third-order valence-electron chi connectivity index (χ3n) is 4.27. The highest BCUT2D eigenvalue weighted by Gasteiger charge is 2.38. The molecular formula is C20H24F3N3O6S. The molecule has 0 aliphatic carbocycles. The average Bonchev–Trinajstić information content (AvgIpc) is 2.68. The average molecular weight is 491 g/mol. The van der Waals surface area contributed by atoms with Crippen molar-refractivity contribution in [3.8, 4) is 0 Å². The zero-order valence-corrected chi connectivity index (χ0v) is 19.1. The summed E-state index contributed by atoms with van der Waals surface area (Å²) in [6, 6.07) is 6.32. The van der Waals surface area contributed by atoms with Gasteiger partial charge in [-0.1, -0.05) is 17.7 Å². The van der Waals surface area contributed by atoms with Crippen molar-refractivity contribution in [1.29, 1.82) is 0 Å². The van der Waals surface area contributed by atoms with E-state index in [1.165, 1.54) is 18.3 Å². The number of benzene rings is 1. The van der Waals surface area contributed by atoms with Gasteiger partial charge >= 0.3 is 18.1 Å². The van der Waals surface area contributed by atoms with Crippen LogP contribution < -0.4 is 9.62 Å². The SMILES string of the molecule is CCN(CC)c1ncc(NS(=O)(=O)c2ccc(C)cc2C)cc1C(=O)O.O=C(O)C(F)(F)F. The molecule has 9 nitrogen and oxygen atoms in total. The van der Waals surface area contributed by atoms with E-state index < -0.39 is 28.1 Å². The van der Waals surface area contributed by atoms with E-state index in [0.717, 1.165) is 5.56 Å². The fourth-order valence-electron chi connectivity index (χ4n) is 2.76. The van der Waals surface area contributed by atoms with Crippen LogP contribution in [0.5, 0.6) is 0 Å². The van der Waals surface area contributed by atoms with Gasteiger partial charge in [0.25, 0.3) is 10.0 Å². The predicted molar refractivity (Wildman–Crippen MR) is 115 cm³/mol. The van der Waals surface area contributed by atoms with Crippen molar-refractivity contribution in [2.24, 2.45) is 0 Å². The van der Waals surface area contributed by atoms with E-state index in [1.807, 2.05) is 20.8 Å². The van der Waals surface area contributed by atoms with Crippen molar-refractivity contribution in [2.75, 3.05) is 22.7 Å². The van der Waals surface area contributed by atoms with E-state index in [9.17, 15) is 31.5 Å². The number of carboxylic acids is 2. The number of alkyl halides is 3. The number of anilines is 2. The summed E-state index contributed by atoms with van der Waals surface area (Å²) >= 11 is 0. The Labute approximate surface area is 188 Å². The summed E-state index contributed by atoms with van der Waals surface area (Å²) in [5.74, 6) is -3.60. The highest BCUT2D eigenvalue weighted by molar-refractivity contribution is 7.92. The van der Waals surface area contributed by atoms with E-state index in [1.54, 1.807) is 24.0 Å². The summed E-state index contributed by atoms with van der Waals surface area (Å²) in [4.78, 5) is 26.6. The number of aromatic nitrogens is 1. The Morgan fingerprint density at radius 2 is 1.64 bits per heavy atom. The minimum Gasteiger partial charge on any atom is -0.478 e. The van der Waals surface area contributed by atoms with Gasteiger partial charge in [0.05, 0.1) is 16.8 Å². The van der Waals surface area contributed by atoms with Crippen LogP contribution in [0.2, 0.25) is 0 Å². The Morgan fingerprint density at radius 3 is 2.06 bits per heavy atom. The molecule has 0 fully saturated rings. The number of aromatic carboxylic acids is 1. The van der Waals surface area contributed by atoms with Gasteiger partial charge < -0.3 is 15.1 Å². The van der Waals surface area contributed by atoms with Crippen molar-refractivity contribution in [2.45, 2.75) is 38.8 Å². The number of nitrogens with one attached hydrogen (secondary N) is 1. The van der Waals surface area contributed by atoms with Crippen molar-refractivity contribution in [1.82, 2.24) is 4.98 Å². The number of carbonyl (C=O) groups is 2. The maximum Gasteiger partial charge on any atom is 0.490 e. The maximum absolute atomic E-state index is 12.6. The Bertz CT molecular complexity index is 1120. The van der Waals surface area contributed by atoms with Crippen molar-refractivity contribution in [3.63, 3.8) is 0 Å². The summed E-state index contributed by atoms with van der Waals surface area (Å²) < 4.78 is 59.5. The molecule has 0 aliphatic rings. The molecule has 3 N–H and O–H groups in total. The zero-order valence-electron chi connectivity index (χ0n) is 18.3. The van der Waals surface area contributed by atoms with Crippen LogP contribution in [-0.2, 0) is 14.8 Å². The van der Waals surface area contributed by atoms with Crippen molar-refractivity contribution >= 4 is 33.5 Å². The molecule has 0 amide bonds. The Hall–Kier alpha value is -3.35. The predicted octanol–water partition coefficient (Wildman–Crippen LogP) is 3.68. The van der Waals surface area contributed by atoms with Gasteiger partial charge in [0, 0.05) is 13.1 Å². The Balaban J connectivity index is 0.000000675. The molecule has 13 heteroatoms. The number of halogens is 3. The second kappa shape index (κ2) is 11.0. The maximum atomic E-state index is 12.6. The fraction of sp³-hybridized carbons (Fsp3) is 0.350. The largest absolute Gasteiger partial charge is 0.490 e. The summed E-state index contributed by atoms with van der Waals surface area (Å²) in [5, 5.41) is 16.6. The number of aliphatic carboxylic acids is 1. The van der Waals surface area contributed by atoms with E-state index in [0.29, 0.717) is 24.5 Å². The quantitative estimate of drug-likeness (QED) is 0.534. The number of nitrogens with zero attached hydrogens (tertiary/aromatic N) is 2. The summed E-state index contributed by atoms with van der Waals surface area (Å²) in [6.07, 6.45) is -3.75. The molecule has 182 valence electrons. The fourth-order valence-corrected chi connectivity index (χ4v) is 4.02. The molecule has 1 aromatic heterocycles. The van der Waals surface area contributed by atoms with Crippen LogP contribution >= 0.6 is 0 Å². The molecule has 33 heavy (non-hydrogen) atoms. The van der Waals surface area contributed by atoms with Gasteiger partial charge in [-0.2, -0.15) is 13.2 Å². The minimum absolute atomic E-state index is 0.0467. The number of rotatable bonds is 7. The van der Waals surface area contributed by atoms with Gasteiger partial charge in [-0.05, 0) is 45.4 Å². The molecule has 0 saturated heterocycles. The molecule has 1 heterocycles. The lowest BCUT2D eigenvalue weighted by molar-refractivity contribution is -0.192. The van der Waals surface area contributed by atoms with Gasteiger partial charge in [-0.15, -0.1) is 0 Å². The van der Waals surface area contributed by atoms with Crippen LogP contribution in [0.3, 0.4) is 0 Å². The summed E-state index contributed by atoms with van der Waals surface area (Å²) in [6.45, 7) is 8.58. The summed E-state index contributed by atoms with van der Waals surface area (Å²) in [7, 11) is -3.84. The third kappa shape index (κ3) is 7.63. The standard InChI is InChI=1S/C18H23N3O4S.C2HF3O2/c1-5-21(6-2)17-15(18(22)23)10-14(11-19-17)20-26(24,25)16-8-7-12(3)9-13(16)4;3-2(4,5)1(6)7/h7-11,20H,5-6H2,1-4H3,(H,22,23);(H,6,7). The molecule has 2 rings (SSSR count). The zero-order chi connectivity index (χ0) is 25.6. The normalized spacial score (nSPS) is 11.2. The molecular weight excluding hydrogens is 467 g/mol. The second-order valence-corrected chi connectivity index (χ2v) is 8.40. The van der Waals surface area contributed by atoms with Gasteiger partial charge in [0.2, 0.25) is 0 Å². The van der Waals surface area contributed by atoms with Gasteiger partial charge in [-0.3, -0.25) is 4.72 Å². The molecule has 2 aromatic rings. The lowest BCUT2D eigenvalue weighted by Gasteiger charge is -2.22. The smallest absolute Gasteiger partial charge is 0.478 e. The molecule has 0 atom stereocenters. The van der Waals surface area contributed by atoms with E-state index in [-0.39, 0.29) is 16.1 Å². The molecule has 0 bridgehead atoms. The number of carboxylic acid groups (broad SMARTS) is 2. The minimum atomic E-state index is -5.08. The molecule has 0 unspecified atom stereocenters. The topological polar surface area (TPSA) is 137 Å². The third-order valence-corrected chi connectivity index (χ3v) is 5.82. The first-order valence-electron chi connectivity index (χ1n) is 9.52. The Kier molecular flexibility index (Phi) is 9.22. The van der Waals surface area contributed by atoms with Gasteiger partial charge in [0.15, 0.2) is 0 Å². The first-order chi connectivity index (χ1) is 15.1. The Morgan fingerprint density at radius 1 is 1.09 bits per heavy atom. The van der Waals surface area contributed by atoms with E-state index >= 15 is 0 Å². The van der Waals surface area contributed by atoms with Gasteiger partial charge in [-0.25, -0.2) is 23.0 Å². The molecule has 0 spiro atoms. The number of sulfonamides is 1. The number of aryl methyl sites for hydroxylation is 2. The number of pyridine rings is 1. The van der Waals surface area contributed by atoms with E-state index in [2.05, 4.69) is 9.71 Å². The van der Waals surface area contributed by atoms with Crippen LogP contribution in [0, 0.1) is 13.8 Å². The highest BCUT2D eigenvalue weighted by atomic mass is 32.2. The van der Waals surface area contributed by atoms with Crippen LogP contribution in [0.25, 0.3) is 0 Å². The van der Waals surface area contributed by atoms with Crippen molar-refractivity contribution in [3.05, 3.63) is 47.2 Å². The van der Waals surface area contributed by atoms with E-state index in [4.69, 9.17) is 9.90 Å². The molecule has 0 radical (unpaired) electrons. The number of hydrogen-bond acceptors (Lipinski definition) is 6. The van der Waals surface area contributed by atoms with Crippen LogP contribution in [0.1, 0.15) is 35.3 Å². The monoisotopic (exact) mass is 491 g/mol. The summed E-state index contributed by atoms with van der Waals surface area (Å²) in [5.41, 5.74) is 1.64. The van der Waals surface area contributed by atoms with Gasteiger partial charge in [0.1, 0.15) is 11.4 Å². The lowest BCUT2D eigenvalue weighted by atomic mass is 10.2. The van der Waals surface area contributed by atoms with Crippen LogP contribution in [0.15, 0.2) is 35.4 Å². The van der Waals surface area contributed by atoms with Crippen molar-refractivity contribution < 1.29 is 41.4 Å². The second-order valence-electron chi connectivity index (χ2n) is 6.75.